The summed E-state index contributed by atoms with van der Waals surface area (Å²) in [7, 11) is 4.42. The highest BCUT2D eigenvalue weighted by Gasteiger charge is 2.07. The molecule has 0 atom stereocenters. The van der Waals surface area contributed by atoms with Crippen molar-refractivity contribution in [2.24, 2.45) is 4.99 Å². The second kappa shape index (κ2) is 9.38. The molecule has 1 amide bonds. The molecule has 0 aliphatic carbocycles. The average molecular weight is 373 g/mol. The third kappa shape index (κ3) is 5.18. The highest BCUT2D eigenvalue weighted by molar-refractivity contribution is 7.80. The fraction of sp³-hybridized carbons (Fsp3) is 0.167. The van der Waals surface area contributed by atoms with E-state index in [9.17, 15) is 4.79 Å². The lowest BCUT2D eigenvalue weighted by molar-refractivity contribution is 0.177. The number of para-hydroxylation sites is 2. The number of ether oxygens (including phenoxy) is 3. The predicted octanol–water partition coefficient (Wildman–Crippen LogP) is 3.51. The highest BCUT2D eigenvalue weighted by Crippen LogP contribution is 2.28. The van der Waals surface area contributed by atoms with Crippen LogP contribution in [0, 0.1) is 0 Å². The maximum Gasteiger partial charge on any atom is 0.413 e. The van der Waals surface area contributed by atoms with Gasteiger partial charge in [-0.05, 0) is 48.1 Å². The first kappa shape index (κ1) is 19.2. The van der Waals surface area contributed by atoms with Crippen LogP contribution in [0.1, 0.15) is 5.56 Å². The second-order valence-corrected chi connectivity index (χ2v) is 5.37. The smallest absolute Gasteiger partial charge is 0.413 e. The van der Waals surface area contributed by atoms with Crippen molar-refractivity contribution in [2.75, 3.05) is 26.6 Å². The number of nitrogens with one attached hydrogen (secondary N) is 2. The molecule has 0 aliphatic rings. The Balaban J connectivity index is 2.18. The van der Waals surface area contributed by atoms with Gasteiger partial charge in [-0.1, -0.05) is 12.1 Å². The summed E-state index contributed by atoms with van der Waals surface area (Å²) in [5, 5.41) is 5.41. The molecule has 0 bridgehead atoms. The molecule has 7 nitrogen and oxygen atoms in total. The van der Waals surface area contributed by atoms with E-state index in [0.29, 0.717) is 22.9 Å². The van der Waals surface area contributed by atoms with Crippen molar-refractivity contribution >= 4 is 41.0 Å². The van der Waals surface area contributed by atoms with Gasteiger partial charge in [0.15, 0.2) is 16.6 Å². The van der Waals surface area contributed by atoms with Gasteiger partial charge in [0, 0.05) is 6.21 Å². The van der Waals surface area contributed by atoms with Gasteiger partial charge in [-0.2, -0.15) is 0 Å². The van der Waals surface area contributed by atoms with Crippen molar-refractivity contribution < 1.29 is 19.0 Å². The van der Waals surface area contributed by atoms with E-state index in [2.05, 4.69) is 20.4 Å². The summed E-state index contributed by atoms with van der Waals surface area (Å²) in [5.41, 5.74) is 2.13. The molecule has 2 aromatic carbocycles. The number of anilines is 1. The number of rotatable bonds is 5. The zero-order valence-electron chi connectivity index (χ0n) is 14.6. The van der Waals surface area contributed by atoms with Gasteiger partial charge in [0.25, 0.3) is 0 Å². The van der Waals surface area contributed by atoms with Crippen molar-refractivity contribution in [3.63, 3.8) is 0 Å². The lowest BCUT2D eigenvalue weighted by Crippen LogP contribution is -2.33. The summed E-state index contributed by atoms with van der Waals surface area (Å²) in [6.45, 7) is 0. The number of carbonyl (C=O) groups is 1. The minimum atomic E-state index is -0.645. The van der Waals surface area contributed by atoms with Crippen LogP contribution in [0.2, 0.25) is 0 Å². The molecule has 0 heterocycles. The second-order valence-electron chi connectivity index (χ2n) is 4.96. The Morgan fingerprint density at radius 3 is 2.50 bits per heavy atom. The van der Waals surface area contributed by atoms with Gasteiger partial charge in [-0.3, -0.25) is 10.3 Å². The Kier molecular flexibility index (Phi) is 6.92. The summed E-state index contributed by atoms with van der Waals surface area (Å²) >= 11 is 5.07. The van der Waals surface area contributed by atoms with E-state index >= 15 is 0 Å². The number of nitrogens with zero attached hydrogens (tertiary/aromatic N) is 1. The number of amides is 1. The highest BCUT2D eigenvalue weighted by atomic mass is 32.1. The largest absolute Gasteiger partial charge is 0.493 e. The van der Waals surface area contributed by atoms with Crippen molar-refractivity contribution in [3.8, 4) is 11.5 Å². The molecule has 0 saturated heterocycles. The minimum absolute atomic E-state index is 0.116. The number of methoxy groups -OCH3 is 3. The Labute approximate surface area is 157 Å². The first-order valence-corrected chi connectivity index (χ1v) is 7.99. The molecular weight excluding hydrogens is 354 g/mol. The van der Waals surface area contributed by atoms with Crippen LogP contribution in [0.15, 0.2) is 47.5 Å². The lowest BCUT2D eigenvalue weighted by atomic mass is 10.2. The quantitative estimate of drug-likeness (QED) is 0.617. The fourth-order valence-electron chi connectivity index (χ4n) is 2.07. The summed E-state index contributed by atoms with van der Waals surface area (Å²) in [6, 6.07) is 12.8. The Morgan fingerprint density at radius 1 is 1.08 bits per heavy atom. The van der Waals surface area contributed by atoms with Crippen LogP contribution in [0.4, 0.5) is 16.2 Å². The predicted molar refractivity (Wildman–Crippen MR) is 105 cm³/mol. The lowest BCUT2D eigenvalue weighted by Gasteiger charge is -2.10. The molecule has 0 fully saturated rings. The minimum Gasteiger partial charge on any atom is -0.493 e. The molecule has 2 rings (SSSR count). The molecule has 0 saturated carbocycles. The van der Waals surface area contributed by atoms with Crippen LogP contribution in [-0.4, -0.2) is 38.7 Å². The van der Waals surface area contributed by atoms with Gasteiger partial charge in [0.05, 0.1) is 32.7 Å². The maximum absolute atomic E-state index is 11.2. The molecule has 0 radical (unpaired) electrons. The topological polar surface area (TPSA) is 81.2 Å². The molecule has 0 unspecified atom stereocenters. The monoisotopic (exact) mass is 373 g/mol. The van der Waals surface area contributed by atoms with E-state index in [1.807, 2.05) is 30.3 Å². The first-order valence-electron chi connectivity index (χ1n) is 7.58. The molecule has 0 spiro atoms. The van der Waals surface area contributed by atoms with Crippen LogP contribution >= 0.6 is 12.2 Å². The zero-order chi connectivity index (χ0) is 18.9. The molecule has 8 heteroatoms. The average Bonchev–Trinajstić information content (AvgIpc) is 2.66. The summed E-state index contributed by atoms with van der Waals surface area (Å²) in [4.78, 5) is 15.7. The van der Waals surface area contributed by atoms with E-state index in [1.165, 1.54) is 7.11 Å². The van der Waals surface area contributed by atoms with Gasteiger partial charge in [0.1, 0.15) is 0 Å². The van der Waals surface area contributed by atoms with E-state index in [-0.39, 0.29) is 5.11 Å². The van der Waals surface area contributed by atoms with Gasteiger partial charge >= 0.3 is 6.09 Å². The van der Waals surface area contributed by atoms with E-state index in [1.54, 1.807) is 32.6 Å². The van der Waals surface area contributed by atoms with Gasteiger partial charge in [-0.15, -0.1) is 0 Å². The van der Waals surface area contributed by atoms with E-state index in [4.69, 9.17) is 21.7 Å². The first-order chi connectivity index (χ1) is 12.6. The van der Waals surface area contributed by atoms with Gasteiger partial charge in [0.2, 0.25) is 0 Å². The number of carbonyl (C=O) groups excluding carboxylic acids is 1. The molecule has 136 valence electrons. The maximum atomic E-state index is 11.2. The molecular formula is C18H19N3O4S. The third-order valence-electron chi connectivity index (χ3n) is 3.31. The van der Waals surface area contributed by atoms with Crippen LogP contribution in [0.5, 0.6) is 11.5 Å². The zero-order valence-corrected chi connectivity index (χ0v) is 15.4. The standard InChI is InChI=1S/C18H19N3O4S/c1-23-15-9-8-12(10-16(15)24-2)11-19-13-6-4-5-7-14(13)20-17(26)21-18(22)25-3/h4-11H,1-3H3,(H2,20,21,22,26). The summed E-state index contributed by atoms with van der Waals surface area (Å²) in [6.07, 6.45) is 1.05. The van der Waals surface area contributed by atoms with Crippen molar-refractivity contribution in [1.29, 1.82) is 0 Å². The fourth-order valence-corrected chi connectivity index (χ4v) is 2.26. The normalized spacial score (nSPS) is 10.3. The molecule has 0 aliphatic heterocycles. The number of hydrogen-bond donors (Lipinski definition) is 2. The molecule has 26 heavy (non-hydrogen) atoms. The molecule has 2 N–H and O–H groups in total. The van der Waals surface area contributed by atoms with Crippen LogP contribution < -0.4 is 20.1 Å². The number of aliphatic imine (C=N–C) groups is 1. The van der Waals surface area contributed by atoms with Crippen molar-refractivity contribution in [3.05, 3.63) is 48.0 Å². The van der Waals surface area contributed by atoms with Crippen LogP contribution in [-0.2, 0) is 4.74 Å². The number of hydrogen-bond acceptors (Lipinski definition) is 6. The number of benzene rings is 2. The summed E-state index contributed by atoms with van der Waals surface area (Å²) in [5.74, 6) is 1.26. The number of thiocarbonyl (C=S) groups is 1. The van der Waals surface area contributed by atoms with E-state index < -0.39 is 6.09 Å². The Hall–Kier alpha value is -3.13. The van der Waals surface area contributed by atoms with Crippen molar-refractivity contribution in [1.82, 2.24) is 5.32 Å². The molecule has 0 aromatic heterocycles. The Bertz CT molecular complexity index is 824. The third-order valence-corrected chi connectivity index (χ3v) is 3.52. The summed E-state index contributed by atoms with van der Waals surface area (Å²) < 4.78 is 15.0. The van der Waals surface area contributed by atoms with Gasteiger partial charge in [-0.25, -0.2) is 4.79 Å². The molecule has 2 aromatic rings. The van der Waals surface area contributed by atoms with Crippen LogP contribution in [0.25, 0.3) is 0 Å². The van der Waals surface area contributed by atoms with Crippen molar-refractivity contribution in [2.45, 2.75) is 0 Å². The number of alkyl carbamates (subject to hydrolysis) is 1. The van der Waals surface area contributed by atoms with E-state index in [0.717, 1.165) is 5.56 Å². The Morgan fingerprint density at radius 2 is 1.81 bits per heavy atom. The van der Waals surface area contributed by atoms with Gasteiger partial charge < -0.3 is 19.5 Å². The van der Waals surface area contributed by atoms with Crippen LogP contribution in [0.3, 0.4) is 0 Å². The SMILES string of the molecule is COC(=O)NC(=S)Nc1ccccc1N=Cc1ccc(OC)c(OC)c1.